The van der Waals surface area contributed by atoms with Gasteiger partial charge in [0.1, 0.15) is 5.82 Å². The third kappa shape index (κ3) is 4.27. The smallest absolute Gasteiger partial charge is 0.351 e. The molecule has 2 unspecified atom stereocenters. The molecule has 5 rings (SSSR count). The molecule has 1 aromatic heterocycles. The lowest BCUT2D eigenvalue weighted by Gasteiger charge is -2.28. The van der Waals surface area contributed by atoms with Crippen LogP contribution >= 0.6 is 0 Å². The van der Waals surface area contributed by atoms with Gasteiger partial charge in [-0.3, -0.25) is 4.79 Å². The lowest BCUT2D eigenvalue weighted by atomic mass is 10.1. The number of anilines is 2. The van der Waals surface area contributed by atoms with Crippen molar-refractivity contribution in [3.8, 4) is 0 Å². The molecule has 166 valence electrons. The van der Waals surface area contributed by atoms with Gasteiger partial charge in [0.2, 0.25) is 5.91 Å². The first kappa shape index (κ1) is 20.8. The van der Waals surface area contributed by atoms with Gasteiger partial charge in [-0.25, -0.2) is 4.98 Å². The van der Waals surface area contributed by atoms with Gasteiger partial charge in [-0.15, -0.1) is 0 Å². The fraction of sp³-hybridized carbons (Fsp3) is 0.333. The number of nitrogens with one attached hydrogen (secondary N) is 2. The van der Waals surface area contributed by atoms with Crippen LogP contribution < -0.4 is 15.5 Å². The average Bonchev–Trinajstić information content (AvgIpc) is 3.41. The SMILES string of the molecule is O=C(CCc1ccc(C(F)(F)F)cc1)Nc1ccc2nc(N3CC4CC3CN4)ccc2c1. The van der Waals surface area contributed by atoms with Gasteiger partial charge in [0.05, 0.1) is 11.1 Å². The summed E-state index contributed by atoms with van der Waals surface area (Å²) < 4.78 is 37.9. The van der Waals surface area contributed by atoms with Crippen molar-refractivity contribution in [3.05, 3.63) is 65.7 Å². The molecule has 8 heteroatoms. The second-order valence-corrected chi connectivity index (χ2v) is 8.47. The molecule has 3 aromatic rings. The number of carbonyl (C=O) groups excluding carboxylic acids is 1. The van der Waals surface area contributed by atoms with Gasteiger partial charge in [0.15, 0.2) is 0 Å². The Bertz CT molecular complexity index is 1150. The van der Waals surface area contributed by atoms with Crippen LogP contribution in [0.15, 0.2) is 54.6 Å². The highest BCUT2D eigenvalue weighted by Gasteiger charge is 2.38. The van der Waals surface area contributed by atoms with E-state index in [1.807, 2.05) is 30.3 Å². The highest BCUT2D eigenvalue weighted by Crippen LogP contribution is 2.30. The summed E-state index contributed by atoms with van der Waals surface area (Å²) in [4.78, 5) is 19.5. The second kappa shape index (κ2) is 8.09. The number of halogens is 3. The summed E-state index contributed by atoms with van der Waals surface area (Å²) >= 11 is 0. The van der Waals surface area contributed by atoms with E-state index in [4.69, 9.17) is 4.98 Å². The van der Waals surface area contributed by atoms with Crippen LogP contribution in [0.2, 0.25) is 0 Å². The number of alkyl halides is 3. The van der Waals surface area contributed by atoms with Crippen LogP contribution in [0.25, 0.3) is 10.9 Å². The van der Waals surface area contributed by atoms with Gasteiger partial charge in [0, 0.05) is 42.7 Å². The maximum absolute atomic E-state index is 12.6. The van der Waals surface area contributed by atoms with E-state index >= 15 is 0 Å². The average molecular weight is 440 g/mol. The van der Waals surface area contributed by atoms with Crippen molar-refractivity contribution >= 4 is 28.3 Å². The maximum Gasteiger partial charge on any atom is 0.416 e. The van der Waals surface area contributed by atoms with Crippen LogP contribution in [0.4, 0.5) is 24.7 Å². The molecule has 2 bridgehead atoms. The normalized spacial score (nSPS) is 20.2. The second-order valence-electron chi connectivity index (χ2n) is 8.47. The number of hydrogen-bond acceptors (Lipinski definition) is 4. The first-order valence-electron chi connectivity index (χ1n) is 10.7. The number of piperazine rings is 1. The van der Waals surface area contributed by atoms with Gasteiger partial charge in [0.25, 0.3) is 0 Å². The fourth-order valence-electron chi connectivity index (χ4n) is 4.54. The molecule has 2 saturated heterocycles. The molecule has 2 aliphatic heterocycles. The van der Waals surface area contributed by atoms with E-state index in [1.165, 1.54) is 12.1 Å². The molecule has 1 amide bonds. The topological polar surface area (TPSA) is 57.3 Å². The zero-order valence-electron chi connectivity index (χ0n) is 17.3. The van der Waals surface area contributed by atoms with Crippen LogP contribution in [0.5, 0.6) is 0 Å². The Kier molecular flexibility index (Phi) is 5.25. The quantitative estimate of drug-likeness (QED) is 0.619. The van der Waals surface area contributed by atoms with Gasteiger partial charge < -0.3 is 15.5 Å². The monoisotopic (exact) mass is 440 g/mol. The number of fused-ring (bicyclic) bond motifs is 3. The number of pyridine rings is 1. The van der Waals surface area contributed by atoms with Gasteiger partial charge in [-0.2, -0.15) is 13.2 Å². The fourth-order valence-corrected chi connectivity index (χ4v) is 4.54. The number of aromatic nitrogens is 1. The molecule has 0 aliphatic carbocycles. The molecule has 0 spiro atoms. The number of amides is 1. The van der Waals surface area contributed by atoms with Gasteiger partial charge in [-0.05, 0) is 60.9 Å². The molecule has 5 nitrogen and oxygen atoms in total. The number of carbonyl (C=O) groups is 1. The highest BCUT2D eigenvalue weighted by molar-refractivity contribution is 5.94. The van der Waals surface area contributed by atoms with E-state index < -0.39 is 11.7 Å². The molecule has 2 atom stereocenters. The van der Waals surface area contributed by atoms with Gasteiger partial charge >= 0.3 is 6.18 Å². The standard InChI is InChI=1S/C24H23F3N4O/c25-24(26,27)17-5-1-15(2-6-17)3-10-23(32)29-18-7-8-21-16(11-18)4-9-22(30-21)31-14-19-12-20(31)13-28-19/h1-2,4-9,11,19-20,28H,3,10,12-14H2,(H,29,32). The Morgan fingerprint density at radius 3 is 2.62 bits per heavy atom. The van der Waals surface area contributed by atoms with Crippen LogP contribution in [0, 0.1) is 0 Å². The number of nitrogens with zero attached hydrogens (tertiary/aromatic N) is 2. The summed E-state index contributed by atoms with van der Waals surface area (Å²) in [5.41, 5.74) is 1.55. The molecule has 0 saturated carbocycles. The first-order chi connectivity index (χ1) is 15.3. The van der Waals surface area contributed by atoms with Gasteiger partial charge in [-0.1, -0.05) is 12.1 Å². The number of hydrogen-bond donors (Lipinski definition) is 2. The predicted octanol–water partition coefficient (Wildman–Crippen LogP) is 4.38. The van der Waals surface area contributed by atoms with E-state index in [-0.39, 0.29) is 12.3 Å². The van der Waals surface area contributed by atoms with Crippen molar-refractivity contribution < 1.29 is 18.0 Å². The van der Waals surface area contributed by atoms with Crippen LogP contribution in [-0.4, -0.2) is 36.1 Å². The molecule has 2 aliphatic rings. The molecule has 2 fully saturated rings. The van der Waals surface area contributed by atoms with Crippen LogP contribution in [-0.2, 0) is 17.4 Å². The minimum atomic E-state index is -4.35. The number of aryl methyl sites for hydroxylation is 1. The molecule has 2 aromatic carbocycles. The van der Waals surface area contributed by atoms with Crippen molar-refractivity contribution in [2.45, 2.75) is 37.5 Å². The summed E-state index contributed by atoms with van der Waals surface area (Å²) in [6.45, 7) is 1.98. The first-order valence-corrected chi connectivity index (χ1v) is 10.7. The maximum atomic E-state index is 12.6. The molecular formula is C24H23F3N4O. The van der Waals surface area contributed by atoms with E-state index in [1.54, 1.807) is 0 Å². The highest BCUT2D eigenvalue weighted by atomic mass is 19.4. The van der Waals surface area contributed by atoms with Crippen molar-refractivity contribution in [2.75, 3.05) is 23.3 Å². The Balaban J connectivity index is 1.20. The Morgan fingerprint density at radius 1 is 1.12 bits per heavy atom. The van der Waals surface area contributed by atoms with E-state index in [9.17, 15) is 18.0 Å². The minimum Gasteiger partial charge on any atom is -0.351 e. The van der Waals surface area contributed by atoms with Crippen molar-refractivity contribution in [1.29, 1.82) is 0 Å². The molecule has 2 N–H and O–H groups in total. The van der Waals surface area contributed by atoms with E-state index in [2.05, 4.69) is 15.5 Å². The largest absolute Gasteiger partial charge is 0.416 e. The lowest BCUT2D eigenvalue weighted by Crippen LogP contribution is -2.43. The summed E-state index contributed by atoms with van der Waals surface area (Å²) in [5, 5.41) is 7.30. The van der Waals surface area contributed by atoms with E-state index in [0.29, 0.717) is 29.8 Å². The van der Waals surface area contributed by atoms with Crippen LogP contribution in [0.1, 0.15) is 24.0 Å². The third-order valence-electron chi connectivity index (χ3n) is 6.23. The zero-order valence-corrected chi connectivity index (χ0v) is 17.3. The minimum absolute atomic E-state index is 0.186. The Labute approximate surface area is 183 Å². The van der Waals surface area contributed by atoms with Crippen LogP contribution in [0.3, 0.4) is 0 Å². The van der Waals surface area contributed by atoms with Crippen molar-refractivity contribution in [3.63, 3.8) is 0 Å². The summed E-state index contributed by atoms with van der Waals surface area (Å²) in [7, 11) is 0. The third-order valence-corrected chi connectivity index (χ3v) is 6.23. The number of benzene rings is 2. The summed E-state index contributed by atoms with van der Waals surface area (Å²) in [6, 6.07) is 15.6. The van der Waals surface area contributed by atoms with E-state index in [0.717, 1.165) is 48.4 Å². The lowest BCUT2D eigenvalue weighted by molar-refractivity contribution is -0.137. The number of rotatable bonds is 5. The molecule has 3 heterocycles. The summed E-state index contributed by atoms with van der Waals surface area (Å²) in [6.07, 6.45) is -2.63. The Morgan fingerprint density at radius 2 is 1.94 bits per heavy atom. The predicted molar refractivity (Wildman–Crippen MR) is 118 cm³/mol. The Hall–Kier alpha value is -3.13. The molecule has 32 heavy (non-hydrogen) atoms. The van der Waals surface area contributed by atoms with Crippen molar-refractivity contribution in [1.82, 2.24) is 10.3 Å². The zero-order chi connectivity index (χ0) is 22.3. The van der Waals surface area contributed by atoms with Crippen molar-refractivity contribution in [2.24, 2.45) is 0 Å². The molecule has 0 radical (unpaired) electrons. The molecular weight excluding hydrogens is 417 g/mol. The summed E-state index contributed by atoms with van der Waals surface area (Å²) in [5.74, 6) is 0.800.